The third kappa shape index (κ3) is 7.64. The second kappa shape index (κ2) is 12.5. The zero-order chi connectivity index (χ0) is 23.6. The van der Waals surface area contributed by atoms with Crippen LogP contribution >= 0.6 is 23.1 Å². The summed E-state index contributed by atoms with van der Waals surface area (Å²) in [5.41, 5.74) is 4.46. The number of nitrogens with zero attached hydrogens (tertiary/aromatic N) is 2. The van der Waals surface area contributed by atoms with E-state index in [2.05, 4.69) is 46.8 Å². The Morgan fingerprint density at radius 3 is 2.58 bits per heavy atom. The number of amides is 1. The first-order valence-electron chi connectivity index (χ1n) is 10.9. The van der Waals surface area contributed by atoms with Crippen LogP contribution in [0, 0.1) is 13.8 Å². The van der Waals surface area contributed by atoms with Crippen molar-refractivity contribution in [1.29, 1.82) is 0 Å². The predicted octanol–water partition coefficient (Wildman–Crippen LogP) is 5.15. The standard InChI is InChI=1S/C24H30N4O3S2/c1-5-30-20-10-8-18(14-21(20)31-6-2)11-12-25-22(29)15-32-24-28-27-23(33-24)26-19-9-7-16(3)13-17(19)4/h7-10,13-14H,5-6,11-12,15H2,1-4H3,(H,25,29)(H,26,27). The third-order valence-electron chi connectivity index (χ3n) is 4.70. The molecule has 1 aromatic heterocycles. The average Bonchev–Trinajstić information content (AvgIpc) is 3.24. The van der Waals surface area contributed by atoms with Crippen LogP contribution in [0.1, 0.15) is 30.5 Å². The highest BCUT2D eigenvalue weighted by Gasteiger charge is 2.10. The van der Waals surface area contributed by atoms with Gasteiger partial charge in [-0.1, -0.05) is 46.9 Å². The first-order valence-corrected chi connectivity index (χ1v) is 12.7. The highest BCUT2D eigenvalue weighted by atomic mass is 32.2. The maximum Gasteiger partial charge on any atom is 0.230 e. The van der Waals surface area contributed by atoms with Gasteiger partial charge >= 0.3 is 0 Å². The molecule has 0 unspecified atom stereocenters. The number of hydrogen-bond donors (Lipinski definition) is 2. The van der Waals surface area contributed by atoms with Crippen LogP contribution in [0.3, 0.4) is 0 Å². The molecule has 0 aliphatic heterocycles. The molecule has 0 fully saturated rings. The monoisotopic (exact) mass is 486 g/mol. The summed E-state index contributed by atoms with van der Waals surface area (Å²) in [6.45, 7) is 9.73. The fourth-order valence-corrected chi connectivity index (χ4v) is 4.76. The average molecular weight is 487 g/mol. The largest absolute Gasteiger partial charge is 0.490 e. The van der Waals surface area contributed by atoms with Gasteiger partial charge in [0, 0.05) is 12.2 Å². The molecule has 1 amide bonds. The van der Waals surface area contributed by atoms with Crippen LogP contribution in [0.4, 0.5) is 10.8 Å². The van der Waals surface area contributed by atoms with Crippen molar-refractivity contribution in [3.05, 3.63) is 53.1 Å². The van der Waals surface area contributed by atoms with Gasteiger partial charge in [0.05, 0.1) is 19.0 Å². The molecule has 0 aliphatic rings. The molecule has 3 rings (SSSR count). The van der Waals surface area contributed by atoms with Gasteiger partial charge in [0.1, 0.15) is 0 Å². The van der Waals surface area contributed by atoms with Crippen molar-refractivity contribution >= 4 is 39.8 Å². The molecular formula is C24H30N4O3S2. The van der Waals surface area contributed by atoms with Gasteiger partial charge in [0.15, 0.2) is 15.8 Å². The van der Waals surface area contributed by atoms with Crippen molar-refractivity contribution in [1.82, 2.24) is 15.5 Å². The fraction of sp³-hybridized carbons (Fsp3) is 0.375. The molecule has 176 valence electrons. The van der Waals surface area contributed by atoms with Crippen molar-refractivity contribution in [2.75, 3.05) is 30.8 Å². The van der Waals surface area contributed by atoms with Gasteiger partial charge in [-0.25, -0.2) is 0 Å². The van der Waals surface area contributed by atoms with Crippen LogP contribution < -0.4 is 20.1 Å². The first kappa shape index (κ1) is 24.9. The Labute approximate surface area is 203 Å². The van der Waals surface area contributed by atoms with Crippen molar-refractivity contribution in [3.8, 4) is 11.5 Å². The number of aromatic nitrogens is 2. The highest BCUT2D eigenvalue weighted by Crippen LogP contribution is 2.30. The van der Waals surface area contributed by atoms with Gasteiger partial charge in [0.25, 0.3) is 0 Å². The summed E-state index contributed by atoms with van der Waals surface area (Å²) in [4.78, 5) is 12.3. The molecule has 0 radical (unpaired) electrons. The molecule has 1 heterocycles. The fourth-order valence-electron chi connectivity index (χ4n) is 3.16. The smallest absolute Gasteiger partial charge is 0.230 e. The number of rotatable bonds is 12. The zero-order valence-electron chi connectivity index (χ0n) is 19.4. The summed E-state index contributed by atoms with van der Waals surface area (Å²) in [6.07, 6.45) is 0.714. The number of benzene rings is 2. The summed E-state index contributed by atoms with van der Waals surface area (Å²) >= 11 is 2.82. The summed E-state index contributed by atoms with van der Waals surface area (Å²) in [5, 5.41) is 15.3. The molecule has 2 N–H and O–H groups in total. The van der Waals surface area contributed by atoms with Crippen molar-refractivity contribution < 1.29 is 14.3 Å². The molecule has 0 aliphatic carbocycles. The van der Waals surface area contributed by atoms with E-state index in [0.717, 1.165) is 32.7 Å². The number of carbonyl (C=O) groups excluding carboxylic acids is 1. The lowest BCUT2D eigenvalue weighted by molar-refractivity contribution is -0.118. The van der Waals surface area contributed by atoms with E-state index in [-0.39, 0.29) is 5.91 Å². The van der Waals surface area contributed by atoms with E-state index in [4.69, 9.17) is 9.47 Å². The van der Waals surface area contributed by atoms with Gasteiger partial charge in [-0.15, -0.1) is 10.2 Å². The minimum Gasteiger partial charge on any atom is -0.490 e. The Hall–Kier alpha value is -2.78. The van der Waals surface area contributed by atoms with Crippen molar-refractivity contribution in [2.24, 2.45) is 0 Å². The van der Waals surface area contributed by atoms with E-state index in [1.807, 2.05) is 38.1 Å². The molecule has 0 saturated carbocycles. The molecular weight excluding hydrogens is 456 g/mol. The lowest BCUT2D eigenvalue weighted by Gasteiger charge is -2.12. The van der Waals surface area contributed by atoms with E-state index < -0.39 is 0 Å². The number of aryl methyl sites for hydroxylation is 2. The van der Waals surface area contributed by atoms with Crippen LogP contribution in [-0.4, -0.2) is 41.6 Å². The van der Waals surface area contributed by atoms with Gasteiger partial charge in [-0.05, 0) is 63.4 Å². The Bertz CT molecular complexity index is 1070. The predicted molar refractivity (Wildman–Crippen MR) is 135 cm³/mol. The van der Waals surface area contributed by atoms with Crippen LogP contribution in [0.15, 0.2) is 40.7 Å². The Balaban J connectivity index is 1.43. The van der Waals surface area contributed by atoms with E-state index in [1.54, 1.807) is 0 Å². The molecule has 2 aromatic carbocycles. The first-order chi connectivity index (χ1) is 16.0. The van der Waals surface area contributed by atoms with E-state index in [0.29, 0.717) is 37.1 Å². The zero-order valence-corrected chi connectivity index (χ0v) is 21.1. The normalized spacial score (nSPS) is 10.7. The molecule has 9 heteroatoms. The number of thioether (sulfide) groups is 1. The number of ether oxygens (including phenoxy) is 2. The quantitative estimate of drug-likeness (QED) is 0.343. The third-order valence-corrected chi connectivity index (χ3v) is 6.67. The van der Waals surface area contributed by atoms with Crippen LogP contribution in [0.5, 0.6) is 11.5 Å². The molecule has 0 spiro atoms. The highest BCUT2D eigenvalue weighted by molar-refractivity contribution is 8.01. The van der Waals surface area contributed by atoms with Gasteiger partial charge in [-0.2, -0.15) is 0 Å². The van der Waals surface area contributed by atoms with Gasteiger partial charge < -0.3 is 20.1 Å². The Kier molecular flexibility index (Phi) is 9.38. The second-order valence-corrected chi connectivity index (χ2v) is 9.55. The molecule has 0 atom stereocenters. The van der Waals surface area contributed by atoms with Gasteiger partial charge in [-0.3, -0.25) is 4.79 Å². The number of nitrogens with one attached hydrogen (secondary N) is 2. The lowest BCUT2D eigenvalue weighted by Crippen LogP contribution is -2.27. The van der Waals surface area contributed by atoms with Crippen LogP contribution in [0.2, 0.25) is 0 Å². The van der Waals surface area contributed by atoms with Crippen LogP contribution in [0.25, 0.3) is 0 Å². The van der Waals surface area contributed by atoms with E-state index in [9.17, 15) is 4.79 Å². The lowest BCUT2D eigenvalue weighted by atomic mass is 10.1. The summed E-state index contributed by atoms with van der Waals surface area (Å²) in [6, 6.07) is 12.1. The SMILES string of the molecule is CCOc1ccc(CCNC(=O)CSc2nnc(Nc3ccc(C)cc3C)s2)cc1OCC. The van der Waals surface area contributed by atoms with Gasteiger partial charge in [0.2, 0.25) is 11.0 Å². The topological polar surface area (TPSA) is 85.4 Å². The molecule has 3 aromatic rings. The van der Waals surface area contributed by atoms with E-state index in [1.165, 1.54) is 28.7 Å². The number of anilines is 2. The number of hydrogen-bond acceptors (Lipinski definition) is 8. The molecule has 0 bridgehead atoms. The number of carbonyl (C=O) groups is 1. The maximum atomic E-state index is 12.3. The Morgan fingerprint density at radius 1 is 1.03 bits per heavy atom. The minimum atomic E-state index is -0.0324. The van der Waals surface area contributed by atoms with E-state index >= 15 is 0 Å². The summed E-state index contributed by atoms with van der Waals surface area (Å²) in [5.74, 6) is 1.74. The Morgan fingerprint density at radius 2 is 1.82 bits per heavy atom. The second-order valence-electron chi connectivity index (χ2n) is 7.35. The molecule has 33 heavy (non-hydrogen) atoms. The van der Waals surface area contributed by atoms with Crippen LogP contribution in [-0.2, 0) is 11.2 Å². The molecule has 0 saturated heterocycles. The maximum absolute atomic E-state index is 12.3. The summed E-state index contributed by atoms with van der Waals surface area (Å²) in [7, 11) is 0. The summed E-state index contributed by atoms with van der Waals surface area (Å²) < 4.78 is 12.0. The van der Waals surface area contributed by atoms with Crippen molar-refractivity contribution in [2.45, 2.75) is 38.5 Å². The minimum absolute atomic E-state index is 0.0324. The van der Waals surface area contributed by atoms with Crippen molar-refractivity contribution in [3.63, 3.8) is 0 Å². The molecule has 7 nitrogen and oxygen atoms in total.